The van der Waals surface area contributed by atoms with E-state index in [9.17, 15) is 0 Å². The summed E-state index contributed by atoms with van der Waals surface area (Å²) in [6.07, 6.45) is 7.40. The number of hydrogen-bond acceptors (Lipinski definition) is 1. The summed E-state index contributed by atoms with van der Waals surface area (Å²) in [4.78, 5) is 0. The Hall–Kier alpha value is -0.980. The summed E-state index contributed by atoms with van der Waals surface area (Å²) in [5.41, 5.74) is 0. The lowest BCUT2D eigenvalue weighted by Gasteiger charge is -1.98. The minimum Gasteiger partial charge on any atom is -0.499 e. The maximum absolute atomic E-state index is 5.16. The van der Waals surface area contributed by atoms with Gasteiger partial charge in [-0.1, -0.05) is 24.8 Å². The molecule has 0 aliphatic heterocycles. The van der Waals surface area contributed by atoms with Crippen LogP contribution in [0.25, 0.3) is 0 Å². The van der Waals surface area contributed by atoms with E-state index >= 15 is 0 Å². The first-order valence-corrected chi connectivity index (χ1v) is 3.40. The predicted octanol–water partition coefficient (Wildman–Crippen LogP) is 2.67. The van der Waals surface area contributed by atoms with Crippen LogP contribution in [0.1, 0.15) is 13.8 Å². The zero-order valence-corrected chi connectivity index (χ0v) is 6.63. The van der Waals surface area contributed by atoms with Crippen LogP contribution in [0, 0.1) is 0 Å². The first-order valence-electron chi connectivity index (χ1n) is 3.40. The van der Waals surface area contributed by atoms with Gasteiger partial charge in [0.05, 0.1) is 12.4 Å². The van der Waals surface area contributed by atoms with Crippen LogP contribution in [0.5, 0.6) is 0 Å². The first-order chi connectivity index (χ1) is 4.81. The molecule has 0 saturated heterocycles. The second-order valence-corrected chi connectivity index (χ2v) is 1.83. The Morgan fingerprint density at radius 2 is 2.20 bits per heavy atom. The molecule has 0 saturated carbocycles. The van der Waals surface area contributed by atoms with E-state index in [1.807, 2.05) is 32.1 Å². The molecule has 0 amide bonds. The number of ether oxygens (including phenoxy) is 1. The van der Waals surface area contributed by atoms with Crippen LogP contribution in [-0.4, -0.2) is 6.61 Å². The highest BCUT2D eigenvalue weighted by molar-refractivity contribution is 5.10. The molecular weight excluding hydrogens is 124 g/mol. The van der Waals surface area contributed by atoms with Crippen molar-refractivity contribution < 1.29 is 4.74 Å². The van der Waals surface area contributed by atoms with Gasteiger partial charge in [0, 0.05) is 0 Å². The highest BCUT2D eigenvalue weighted by atomic mass is 16.5. The highest BCUT2D eigenvalue weighted by Crippen LogP contribution is 1.94. The van der Waals surface area contributed by atoms with E-state index in [4.69, 9.17) is 4.74 Å². The summed E-state index contributed by atoms with van der Waals surface area (Å²) in [5, 5.41) is 0. The van der Waals surface area contributed by atoms with Crippen LogP contribution >= 0.6 is 0 Å². The Labute approximate surface area is 62.7 Å². The molecular formula is C9H14O. The van der Waals surface area contributed by atoms with Gasteiger partial charge in [0.1, 0.15) is 0 Å². The van der Waals surface area contributed by atoms with Gasteiger partial charge >= 0.3 is 0 Å². The van der Waals surface area contributed by atoms with E-state index in [1.165, 1.54) is 0 Å². The Balaban J connectivity index is 3.67. The molecule has 1 nitrogen and oxygen atoms in total. The van der Waals surface area contributed by atoms with Gasteiger partial charge in [-0.15, -0.1) is 0 Å². The molecule has 10 heavy (non-hydrogen) atoms. The Morgan fingerprint density at radius 1 is 1.50 bits per heavy atom. The zero-order chi connectivity index (χ0) is 7.82. The maximum Gasteiger partial charge on any atom is 0.0928 e. The summed E-state index contributed by atoms with van der Waals surface area (Å²) in [6.45, 7) is 8.17. The molecule has 0 spiro atoms. The predicted molar refractivity (Wildman–Crippen MR) is 44.7 cm³/mol. The van der Waals surface area contributed by atoms with Gasteiger partial charge in [0.2, 0.25) is 0 Å². The lowest BCUT2D eigenvalue weighted by atomic mass is 10.4. The second-order valence-electron chi connectivity index (χ2n) is 1.83. The van der Waals surface area contributed by atoms with Gasteiger partial charge in [-0.05, 0) is 19.9 Å². The van der Waals surface area contributed by atoms with Crippen molar-refractivity contribution in [1.29, 1.82) is 0 Å². The maximum atomic E-state index is 5.16. The topological polar surface area (TPSA) is 9.23 Å². The van der Waals surface area contributed by atoms with Crippen LogP contribution in [0.4, 0.5) is 0 Å². The van der Waals surface area contributed by atoms with Crippen molar-refractivity contribution in [3.63, 3.8) is 0 Å². The molecule has 0 aromatic carbocycles. The van der Waals surface area contributed by atoms with Crippen LogP contribution in [0.15, 0.2) is 36.6 Å². The molecule has 0 unspecified atom stereocenters. The third kappa shape index (κ3) is 5.16. The SMILES string of the molecule is C=C/C=C\C=C(/C)OCC. The van der Waals surface area contributed by atoms with Crippen molar-refractivity contribution >= 4 is 0 Å². The molecule has 0 heterocycles. The third-order valence-electron chi connectivity index (χ3n) is 0.950. The van der Waals surface area contributed by atoms with Crippen LogP contribution in [0.2, 0.25) is 0 Å². The Morgan fingerprint density at radius 3 is 2.70 bits per heavy atom. The summed E-state index contributed by atoms with van der Waals surface area (Å²) >= 11 is 0. The smallest absolute Gasteiger partial charge is 0.0928 e. The lowest BCUT2D eigenvalue weighted by Crippen LogP contribution is -1.84. The molecule has 0 aromatic heterocycles. The molecule has 56 valence electrons. The fourth-order valence-electron chi connectivity index (χ4n) is 0.545. The van der Waals surface area contributed by atoms with Gasteiger partial charge in [-0.2, -0.15) is 0 Å². The normalized spacial score (nSPS) is 12.0. The molecule has 0 bridgehead atoms. The average molecular weight is 138 g/mol. The second kappa shape index (κ2) is 6.14. The van der Waals surface area contributed by atoms with E-state index in [0.29, 0.717) is 0 Å². The average Bonchev–Trinajstić information content (AvgIpc) is 1.89. The number of rotatable bonds is 4. The number of hydrogen-bond donors (Lipinski definition) is 0. The minimum atomic E-state index is 0.726. The zero-order valence-electron chi connectivity index (χ0n) is 6.63. The largest absolute Gasteiger partial charge is 0.499 e. The van der Waals surface area contributed by atoms with Crippen molar-refractivity contribution in [2.45, 2.75) is 13.8 Å². The summed E-state index contributed by atoms with van der Waals surface area (Å²) < 4.78 is 5.16. The molecule has 0 aliphatic rings. The highest BCUT2D eigenvalue weighted by Gasteiger charge is 1.80. The number of allylic oxidation sites excluding steroid dienone is 5. The minimum absolute atomic E-state index is 0.726. The van der Waals surface area contributed by atoms with Crippen molar-refractivity contribution in [1.82, 2.24) is 0 Å². The fourth-order valence-corrected chi connectivity index (χ4v) is 0.545. The van der Waals surface area contributed by atoms with Crippen molar-refractivity contribution in [3.8, 4) is 0 Å². The molecule has 0 atom stereocenters. The van der Waals surface area contributed by atoms with Crippen molar-refractivity contribution in [2.24, 2.45) is 0 Å². The van der Waals surface area contributed by atoms with Gasteiger partial charge < -0.3 is 4.74 Å². The molecule has 0 rings (SSSR count). The van der Waals surface area contributed by atoms with Gasteiger partial charge in [-0.25, -0.2) is 0 Å². The van der Waals surface area contributed by atoms with Gasteiger partial charge in [-0.3, -0.25) is 0 Å². The Bertz CT molecular complexity index is 143. The van der Waals surface area contributed by atoms with Crippen LogP contribution < -0.4 is 0 Å². The third-order valence-corrected chi connectivity index (χ3v) is 0.950. The van der Waals surface area contributed by atoms with Gasteiger partial charge in [0.15, 0.2) is 0 Å². The molecule has 0 fully saturated rings. The molecule has 1 heteroatoms. The monoisotopic (exact) mass is 138 g/mol. The quantitative estimate of drug-likeness (QED) is 0.428. The summed E-state index contributed by atoms with van der Waals surface area (Å²) in [7, 11) is 0. The molecule has 0 N–H and O–H groups in total. The van der Waals surface area contributed by atoms with E-state index in [2.05, 4.69) is 6.58 Å². The summed E-state index contributed by atoms with van der Waals surface area (Å²) in [5.74, 6) is 0.931. The standard InChI is InChI=1S/C9H14O/c1-4-6-7-8-9(3)10-5-2/h4,6-8H,1,5H2,2-3H3/b7-6-,9-8+. The lowest BCUT2D eigenvalue weighted by molar-refractivity contribution is 0.231. The van der Waals surface area contributed by atoms with Crippen LogP contribution in [0.3, 0.4) is 0 Å². The summed E-state index contributed by atoms with van der Waals surface area (Å²) in [6, 6.07) is 0. The molecule has 0 aromatic rings. The fraction of sp³-hybridized carbons (Fsp3) is 0.333. The van der Waals surface area contributed by atoms with E-state index in [-0.39, 0.29) is 0 Å². The van der Waals surface area contributed by atoms with Crippen LogP contribution in [-0.2, 0) is 4.74 Å². The molecule has 0 aliphatic carbocycles. The Kier molecular flexibility index (Phi) is 5.54. The molecule has 0 radical (unpaired) electrons. The van der Waals surface area contributed by atoms with E-state index in [0.717, 1.165) is 12.4 Å². The van der Waals surface area contributed by atoms with Crippen molar-refractivity contribution in [3.05, 3.63) is 36.6 Å². The van der Waals surface area contributed by atoms with E-state index in [1.54, 1.807) is 6.08 Å². The van der Waals surface area contributed by atoms with Crippen molar-refractivity contribution in [2.75, 3.05) is 6.61 Å². The van der Waals surface area contributed by atoms with Gasteiger partial charge in [0.25, 0.3) is 0 Å². The van der Waals surface area contributed by atoms with E-state index < -0.39 is 0 Å². The first kappa shape index (κ1) is 9.02.